The third-order valence-corrected chi connectivity index (χ3v) is 4.47. The zero-order valence-electron chi connectivity index (χ0n) is 14.7. The Labute approximate surface area is 142 Å². The number of methoxy groups -OCH3 is 1. The van der Waals surface area contributed by atoms with E-state index in [1.54, 1.807) is 13.2 Å². The Morgan fingerprint density at radius 1 is 1.54 bits per heavy atom. The molecule has 0 saturated carbocycles. The van der Waals surface area contributed by atoms with Gasteiger partial charge >= 0.3 is 5.97 Å². The van der Waals surface area contributed by atoms with E-state index in [4.69, 9.17) is 16.2 Å². The maximum atomic E-state index is 11.7. The average Bonchev–Trinajstić information content (AvgIpc) is 2.87. The number of carbonyl (C=O) groups excluding carboxylic acids is 1. The zero-order chi connectivity index (χ0) is 18.5. The summed E-state index contributed by atoms with van der Waals surface area (Å²) in [6.07, 6.45) is 3.37. The highest BCUT2D eigenvalue weighted by molar-refractivity contribution is 5.87. The Morgan fingerprint density at radius 2 is 2.17 bits per heavy atom. The molecule has 1 aliphatic rings. The lowest BCUT2D eigenvalue weighted by Gasteiger charge is -2.41. The quantitative estimate of drug-likeness (QED) is 0.372. The fourth-order valence-corrected chi connectivity index (χ4v) is 3.33. The first-order valence-electron chi connectivity index (χ1n) is 7.99. The molecule has 136 valence electrons. The van der Waals surface area contributed by atoms with Gasteiger partial charge in [0.05, 0.1) is 17.7 Å². The van der Waals surface area contributed by atoms with Crippen LogP contribution in [0.25, 0.3) is 0 Å². The van der Waals surface area contributed by atoms with Crippen LogP contribution in [0.5, 0.6) is 0 Å². The summed E-state index contributed by atoms with van der Waals surface area (Å²) in [5.74, 6) is -1.72. The number of hydrogen-bond donors (Lipinski definition) is 4. The summed E-state index contributed by atoms with van der Waals surface area (Å²) in [5.41, 5.74) is 10.6. The van der Waals surface area contributed by atoms with Crippen LogP contribution >= 0.6 is 0 Å². The fraction of sp³-hybridized carbons (Fsp3) is 0.688. The van der Waals surface area contributed by atoms with E-state index in [0.717, 1.165) is 6.42 Å². The molecule has 0 aromatic carbocycles. The molecule has 0 fully saturated rings. The number of aliphatic carboxylic acids is 1. The highest BCUT2D eigenvalue weighted by Crippen LogP contribution is 2.36. The second-order valence-corrected chi connectivity index (χ2v) is 6.34. The largest absolute Gasteiger partial charge is 0.478 e. The number of carboxylic acid groups (broad SMARTS) is 1. The van der Waals surface area contributed by atoms with E-state index in [0.29, 0.717) is 6.42 Å². The number of nitrogens with one attached hydrogen (secondary N) is 1. The van der Waals surface area contributed by atoms with Gasteiger partial charge in [-0.05, 0) is 13.3 Å². The molecule has 0 bridgehead atoms. The van der Waals surface area contributed by atoms with Crippen molar-refractivity contribution >= 4 is 17.8 Å². The van der Waals surface area contributed by atoms with Gasteiger partial charge in [0.1, 0.15) is 0 Å². The maximum absolute atomic E-state index is 11.7. The van der Waals surface area contributed by atoms with Gasteiger partial charge in [0.15, 0.2) is 5.96 Å². The van der Waals surface area contributed by atoms with Gasteiger partial charge in [-0.15, -0.1) is 0 Å². The molecule has 0 aromatic heterocycles. The van der Waals surface area contributed by atoms with Crippen molar-refractivity contribution in [2.24, 2.45) is 22.4 Å². The van der Waals surface area contributed by atoms with Crippen LogP contribution in [0.1, 0.15) is 40.0 Å². The third kappa shape index (κ3) is 4.70. The number of ether oxygens (including phenoxy) is 1. The van der Waals surface area contributed by atoms with Crippen LogP contribution in [0.15, 0.2) is 16.6 Å². The lowest BCUT2D eigenvalue weighted by atomic mass is 9.80. The van der Waals surface area contributed by atoms with Crippen LogP contribution in [-0.4, -0.2) is 47.7 Å². The van der Waals surface area contributed by atoms with Crippen molar-refractivity contribution in [3.05, 3.63) is 11.6 Å². The number of rotatable bonds is 8. The first-order chi connectivity index (χ1) is 11.1. The van der Waals surface area contributed by atoms with Gasteiger partial charge in [-0.3, -0.25) is 4.79 Å². The summed E-state index contributed by atoms with van der Waals surface area (Å²) in [6, 6.07) is -0.908. The van der Waals surface area contributed by atoms with Crippen molar-refractivity contribution in [3.8, 4) is 0 Å². The lowest BCUT2D eigenvalue weighted by Crippen LogP contribution is -2.57. The standard InChI is InChI=1S/C16H28N4O4/c1-5-6-16(3,24-4)13(19-9(2)21)11-7-10(14(22)23)8-12(11)20-15(17)18/h7,11-13H,5-6,8H2,1-4H3,(H,19,21)(H,22,23)(H4,17,18,20)/t11-,12-,13-,16+/m1/s1. The van der Waals surface area contributed by atoms with E-state index in [-0.39, 0.29) is 29.8 Å². The van der Waals surface area contributed by atoms with Crippen molar-refractivity contribution in [1.82, 2.24) is 5.32 Å². The predicted molar refractivity (Wildman–Crippen MR) is 91.4 cm³/mol. The SMILES string of the molecule is CCC[C@](C)(OC)[C@H](NC(C)=O)[C@@H]1C=C(C(=O)O)C[C@H]1N=C(N)N. The number of carbonyl (C=O) groups is 2. The minimum Gasteiger partial charge on any atom is -0.478 e. The van der Waals surface area contributed by atoms with Crippen molar-refractivity contribution in [1.29, 1.82) is 0 Å². The first-order valence-corrected chi connectivity index (χ1v) is 7.99. The van der Waals surface area contributed by atoms with Gasteiger partial charge < -0.3 is 26.6 Å². The second-order valence-electron chi connectivity index (χ2n) is 6.34. The summed E-state index contributed by atoms with van der Waals surface area (Å²) < 4.78 is 5.70. The van der Waals surface area contributed by atoms with Gasteiger partial charge in [0.25, 0.3) is 0 Å². The van der Waals surface area contributed by atoms with Gasteiger partial charge in [0.2, 0.25) is 5.91 Å². The Bertz CT molecular complexity index is 542. The number of guanidine groups is 1. The molecule has 1 aliphatic carbocycles. The smallest absolute Gasteiger partial charge is 0.331 e. The third-order valence-electron chi connectivity index (χ3n) is 4.47. The second kappa shape index (κ2) is 8.14. The van der Waals surface area contributed by atoms with E-state index in [1.807, 2.05) is 13.8 Å². The molecule has 8 heteroatoms. The number of nitrogens with zero attached hydrogens (tertiary/aromatic N) is 1. The highest BCUT2D eigenvalue weighted by atomic mass is 16.5. The molecule has 0 spiro atoms. The lowest BCUT2D eigenvalue weighted by molar-refractivity contribution is -0.132. The maximum Gasteiger partial charge on any atom is 0.331 e. The Hall–Kier alpha value is -2.09. The highest BCUT2D eigenvalue weighted by Gasteiger charge is 2.45. The Kier molecular flexibility index (Phi) is 6.77. The van der Waals surface area contributed by atoms with Crippen molar-refractivity contribution < 1.29 is 19.4 Å². The van der Waals surface area contributed by atoms with Gasteiger partial charge in [-0.1, -0.05) is 19.4 Å². The number of hydrogen-bond acceptors (Lipinski definition) is 4. The number of amides is 1. The molecular weight excluding hydrogens is 312 g/mol. The molecule has 8 nitrogen and oxygen atoms in total. The molecule has 6 N–H and O–H groups in total. The summed E-state index contributed by atoms with van der Waals surface area (Å²) in [7, 11) is 1.58. The van der Waals surface area contributed by atoms with Crippen LogP contribution in [0.2, 0.25) is 0 Å². The van der Waals surface area contributed by atoms with E-state index in [9.17, 15) is 14.7 Å². The van der Waals surface area contributed by atoms with Crippen LogP contribution in [-0.2, 0) is 14.3 Å². The fourth-order valence-electron chi connectivity index (χ4n) is 3.33. The van der Waals surface area contributed by atoms with Gasteiger partial charge in [0, 0.05) is 31.9 Å². The van der Waals surface area contributed by atoms with Crippen LogP contribution in [0.4, 0.5) is 0 Å². The summed E-state index contributed by atoms with van der Waals surface area (Å²) in [6.45, 7) is 5.33. The van der Waals surface area contributed by atoms with E-state index in [2.05, 4.69) is 10.3 Å². The van der Waals surface area contributed by atoms with E-state index in [1.165, 1.54) is 6.92 Å². The summed E-state index contributed by atoms with van der Waals surface area (Å²) in [4.78, 5) is 27.3. The molecule has 0 aromatic rings. The van der Waals surface area contributed by atoms with Crippen molar-refractivity contribution in [2.45, 2.75) is 57.7 Å². The topological polar surface area (TPSA) is 140 Å². The normalized spacial score (nSPS) is 23.8. The molecule has 0 unspecified atom stereocenters. The summed E-state index contributed by atoms with van der Waals surface area (Å²) in [5, 5.41) is 12.2. The monoisotopic (exact) mass is 340 g/mol. The Balaban J connectivity index is 3.32. The molecule has 1 amide bonds. The van der Waals surface area contributed by atoms with Crippen LogP contribution in [0.3, 0.4) is 0 Å². The molecule has 0 saturated heterocycles. The average molecular weight is 340 g/mol. The van der Waals surface area contributed by atoms with Crippen LogP contribution in [0, 0.1) is 5.92 Å². The zero-order valence-corrected chi connectivity index (χ0v) is 14.7. The predicted octanol–water partition coefficient (Wildman–Crippen LogP) is 0.369. The molecule has 0 heterocycles. The molecular formula is C16H28N4O4. The van der Waals surface area contributed by atoms with Gasteiger partial charge in [-0.25, -0.2) is 9.79 Å². The first kappa shape index (κ1) is 20.0. The van der Waals surface area contributed by atoms with Crippen molar-refractivity contribution in [2.75, 3.05) is 7.11 Å². The molecule has 0 aliphatic heterocycles. The number of carboxylic acids is 1. The minimum atomic E-state index is -1.01. The molecule has 24 heavy (non-hydrogen) atoms. The molecule has 0 radical (unpaired) electrons. The Morgan fingerprint density at radius 3 is 2.58 bits per heavy atom. The number of aliphatic imine (C=N–C) groups is 1. The van der Waals surface area contributed by atoms with Gasteiger partial charge in [-0.2, -0.15) is 0 Å². The number of nitrogens with two attached hydrogens (primary N) is 2. The van der Waals surface area contributed by atoms with Crippen LogP contribution < -0.4 is 16.8 Å². The molecule has 4 atom stereocenters. The minimum absolute atomic E-state index is 0.110. The molecule has 1 rings (SSSR count). The van der Waals surface area contributed by atoms with E-state index >= 15 is 0 Å². The summed E-state index contributed by atoms with van der Waals surface area (Å²) >= 11 is 0. The van der Waals surface area contributed by atoms with E-state index < -0.39 is 23.7 Å². The van der Waals surface area contributed by atoms with Crippen molar-refractivity contribution in [3.63, 3.8) is 0 Å².